The third-order valence-electron chi connectivity index (χ3n) is 5.21. The summed E-state index contributed by atoms with van der Waals surface area (Å²) in [4.78, 5) is 6.77. The fraction of sp³-hybridized carbons (Fsp3) is 0.286. The molecule has 1 fully saturated rings. The summed E-state index contributed by atoms with van der Waals surface area (Å²) in [6.45, 7) is 1.54. The molecular formula is C21H21ClFN3O4S2. The van der Waals surface area contributed by atoms with E-state index >= 15 is 0 Å². The molecule has 1 aromatic heterocycles. The van der Waals surface area contributed by atoms with Crippen LogP contribution in [0.5, 0.6) is 11.5 Å². The van der Waals surface area contributed by atoms with E-state index < -0.39 is 15.8 Å². The van der Waals surface area contributed by atoms with E-state index in [-0.39, 0.29) is 23.0 Å². The van der Waals surface area contributed by atoms with Gasteiger partial charge in [0.25, 0.3) is 0 Å². The zero-order valence-corrected chi connectivity index (χ0v) is 19.8. The number of anilines is 1. The summed E-state index contributed by atoms with van der Waals surface area (Å²) < 4.78 is 51.4. The minimum atomic E-state index is -3.75. The number of hydrogen-bond donors (Lipinski definition) is 0. The number of benzene rings is 2. The molecule has 3 aromatic rings. The van der Waals surface area contributed by atoms with Gasteiger partial charge in [0, 0.05) is 37.1 Å². The number of sulfonamides is 1. The van der Waals surface area contributed by atoms with Crippen LogP contribution in [0.2, 0.25) is 5.02 Å². The van der Waals surface area contributed by atoms with Crippen LogP contribution in [0.4, 0.5) is 9.52 Å². The van der Waals surface area contributed by atoms with Crippen molar-refractivity contribution in [2.24, 2.45) is 0 Å². The molecule has 2 heterocycles. The Bertz CT molecular complexity index is 1230. The number of halogens is 2. The summed E-state index contributed by atoms with van der Waals surface area (Å²) in [6.07, 6.45) is 0. The van der Waals surface area contributed by atoms with E-state index in [0.29, 0.717) is 24.6 Å². The van der Waals surface area contributed by atoms with Crippen molar-refractivity contribution in [1.82, 2.24) is 9.29 Å². The summed E-state index contributed by atoms with van der Waals surface area (Å²) in [5, 5.41) is 2.52. The molecule has 0 bridgehead atoms. The average molecular weight is 498 g/mol. The van der Waals surface area contributed by atoms with Crippen molar-refractivity contribution < 1.29 is 22.3 Å². The second-order valence-electron chi connectivity index (χ2n) is 7.05. The molecule has 4 rings (SSSR count). The minimum Gasteiger partial charge on any atom is -0.497 e. The van der Waals surface area contributed by atoms with E-state index in [1.54, 1.807) is 14.2 Å². The van der Waals surface area contributed by atoms with Crippen LogP contribution in [0.15, 0.2) is 46.7 Å². The van der Waals surface area contributed by atoms with E-state index in [2.05, 4.69) is 0 Å². The van der Waals surface area contributed by atoms with Crippen LogP contribution < -0.4 is 14.4 Å². The van der Waals surface area contributed by atoms with Gasteiger partial charge in [0.05, 0.1) is 29.8 Å². The van der Waals surface area contributed by atoms with Gasteiger partial charge < -0.3 is 14.4 Å². The molecule has 1 aliphatic heterocycles. The zero-order valence-electron chi connectivity index (χ0n) is 17.4. The molecule has 170 valence electrons. The molecule has 2 aromatic carbocycles. The fourth-order valence-electron chi connectivity index (χ4n) is 3.45. The van der Waals surface area contributed by atoms with Crippen molar-refractivity contribution in [2.45, 2.75) is 4.90 Å². The van der Waals surface area contributed by atoms with Gasteiger partial charge in [-0.1, -0.05) is 11.6 Å². The predicted octanol–water partition coefficient (Wildman–Crippen LogP) is 4.13. The first-order chi connectivity index (χ1) is 15.3. The Morgan fingerprint density at radius 3 is 2.47 bits per heavy atom. The van der Waals surface area contributed by atoms with E-state index in [0.717, 1.165) is 28.5 Å². The number of rotatable bonds is 6. The summed E-state index contributed by atoms with van der Waals surface area (Å²) in [7, 11) is -0.547. The highest BCUT2D eigenvalue weighted by molar-refractivity contribution is 7.89. The number of piperazine rings is 1. The van der Waals surface area contributed by atoms with Crippen molar-refractivity contribution in [2.75, 3.05) is 45.3 Å². The highest BCUT2D eigenvalue weighted by Gasteiger charge is 2.30. The molecule has 0 saturated carbocycles. The van der Waals surface area contributed by atoms with Crippen LogP contribution in [-0.2, 0) is 10.0 Å². The summed E-state index contributed by atoms with van der Waals surface area (Å²) in [5.41, 5.74) is 1.58. The quantitative estimate of drug-likeness (QED) is 0.510. The number of aromatic nitrogens is 1. The molecule has 0 spiro atoms. The largest absolute Gasteiger partial charge is 0.497 e. The topological polar surface area (TPSA) is 72.0 Å². The molecule has 0 atom stereocenters. The maximum absolute atomic E-state index is 13.4. The Balaban J connectivity index is 1.49. The van der Waals surface area contributed by atoms with Gasteiger partial charge in [0.15, 0.2) is 5.13 Å². The molecule has 0 N–H and O–H groups in total. The Kier molecular flexibility index (Phi) is 6.57. The van der Waals surface area contributed by atoms with Crippen molar-refractivity contribution in [3.05, 3.63) is 52.6 Å². The molecule has 0 unspecified atom stereocenters. The molecule has 7 nitrogen and oxygen atoms in total. The van der Waals surface area contributed by atoms with Crippen molar-refractivity contribution >= 4 is 38.1 Å². The van der Waals surface area contributed by atoms with Gasteiger partial charge in [0.2, 0.25) is 10.0 Å². The first-order valence-corrected chi connectivity index (χ1v) is 12.4. The van der Waals surface area contributed by atoms with Crippen molar-refractivity contribution in [1.29, 1.82) is 0 Å². The molecule has 0 radical (unpaired) electrons. The van der Waals surface area contributed by atoms with E-state index in [1.807, 2.05) is 28.5 Å². The van der Waals surface area contributed by atoms with Gasteiger partial charge in [-0.15, -0.1) is 11.3 Å². The number of thiazole rings is 1. The summed E-state index contributed by atoms with van der Waals surface area (Å²) >= 11 is 7.25. The van der Waals surface area contributed by atoms with Crippen LogP contribution in [0, 0.1) is 5.82 Å². The molecular weight excluding hydrogens is 477 g/mol. The summed E-state index contributed by atoms with van der Waals surface area (Å²) in [5.74, 6) is 0.745. The SMILES string of the molecule is COc1ccc(OC)c(-c2csc(N3CCN(S(=O)(=O)c4ccc(F)c(Cl)c4)CC3)n2)c1. The van der Waals surface area contributed by atoms with Gasteiger partial charge in [-0.05, 0) is 36.4 Å². The molecule has 1 aliphatic rings. The van der Waals surface area contributed by atoms with E-state index in [1.165, 1.54) is 21.7 Å². The highest BCUT2D eigenvalue weighted by atomic mass is 35.5. The minimum absolute atomic E-state index is 0.0148. The third kappa shape index (κ3) is 4.40. The monoisotopic (exact) mass is 497 g/mol. The molecule has 0 amide bonds. The lowest BCUT2D eigenvalue weighted by Crippen LogP contribution is -2.48. The molecule has 1 saturated heterocycles. The summed E-state index contributed by atoms with van der Waals surface area (Å²) in [6, 6.07) is 8.97. The Morgan fingerprint density at radius 2 is 1.81 bits per heavy atom. The number of ether oxygens (including phenoxy) is 2. The highest BCUT2D eigenvalue weighted by Crippen LogP contribution is 2.36. The molecule has 32 heavy (non-hydrogen) atoms. The number of methoxy groups -OCH3 is 2. The maximum atomic E-state index is 13.4. The van der Waals surface area contributed by atoms with Gasteiger partial charge in [-0.25, -0.2) is 17.8 Å². The van der Waals surface area contributed by atoms with E-state index in [4.69, 9.17) is 26.1 Å². The number of hydrogen-bond acceptors (Lipinski definition) is 7. The van der Waals surface area contributed by atoms with Crippen molar-refractivity contribution in [3.63, 3.8) is 0 Å². The number of nitrogens with zero attached hydrogens (tertiary/aromatic N) is 3. The lowest BCUT2D eigenvalue weighted by molar-refractivity contribution is 0.384. The second kappa shape index (κ2) is 9.22. The van der Waals surface area contributed by atoms with Crippen LogP contribution in [-0.4, -0.2) is 58.1 Å². The van der Waals surface area contributed by atoms with Crippen LogP contribution in [0.3, 0.4) is 0 Å². The maximum Gasteiger partial charge on any atom is 0.243 e. The first-order valence-electron chi connectivity index (χ1n) is 9.71. The van der Waals surface area contributed by atoms with E-state index in [9.17, 15) is 12.8 Å². The predicted molar refractivity (Wildman–Crippen MR) is 123 cm³/mol. The lowest BCUT2D eigenvalue weighted by Gasteiger charge is -2.33. The average Bonchev–Trinajstić information content (AvgIpc) is 3.30. The van der Waals surface area contributed by atoms with Gasteiger partial charge in [0.1, 0.15) is 17.3 Å². The Morgan fingerprint density at radius 1 is 1.06 bits per heavy atom. The normalized spacial score (nSPS) is 15.1. The van der Waals surface area contributed by atoms with Crippen LogP contribution in [0.1, 0.15) is 0 Å². The standard InChI is InChI=1S/C21H21ClFN3O4S2/c1-29-14-3-6-20(30-2)16(11-14)19-13-31-21(24-19)25-7-9-26(10-8-25)32(27,28)15-4-5-18(23)17(22)12-15/h3-6,11-13H,7-10H2,1-2H3. The third-order valence-corrected chi connectivity index (χ3v) is 8.30. The Hall–Kier alpha value is -2.40. The molecule has 11 heteroatoms. The van der Waals surface area contributed by atoms with Crippen LogP contribution >= 0.6 is 22.9 Å². The van der Waals surface area contributed by atoms with Gasteiger partial charge >= 0.3 is 0 Å². The fourth-order valence-corrected chi connectivity index (χ4v) is 6.03. The smallest absolute Gasteiger partial charge is 0.243 e. The Labute approximate surface area is 195 Å². The van der Waals surface area contributed by atoms with Gasteiger partial charge in [-0.2, -0.15) is 4.31 Å². The molecule has 0 aliphatic carbocycles. The zero-order chi connectivity index (χ0) is 22.9. The van der Waals surface area contributed by atoms with Crippen LogP contribution in [0.25, 0.3) is 11.3 Å². The van der Waals surface area contributed by atoms with Crippen molar-refractivity contribution in [3.8, 4) is 22.8 Å². The van der Waals surface area contributed by atoms with Gasteiger partial charge in [-0.3, -0.25) is 0 Å². The lowest BCUT2D eigenvalue weighted by atomic mass is 10.1. The second-order valence-corrected chi connectivity index (χ2v) is 10.2. The first kappa shape index (κ1) is 22.8.